The van der Waals surface area contributed by atoms with E-state index in [0.717, 1.165) is 78.2 Å². The topological polar surface area (TPSA) is 65.5 Å². The number of ether oxygens (including phenoxy) is 5. The van der Waals surface area contributed by atoms with Gasteiger partial charge in [0.25, 0.3) is 0 Å². The third-order valence-corrected chi connectivity index (χ3v) is 7.13. The molecular weight excluding hydrogens is 518 g/mol. The van der Waals surface area contributed by atoms with E-state index in [1.54, 1.807) is 21.3 Å². The fourth-order valence-electron chi connectivity index (χ4n) is 4.95. The minimum absolute atomic E-state index is 0.233. The van der Waals surface area contributed by atoms with Crippen molar-refractivity contribution in [2.24, 2.45) is 0 Å². The molecule has 41 heavy (non-hydrogen) atoms. The van der Waals surface area contributed by atoms with E-state index in [1.165, 1.54) is 0 Å². The Labute approximate surface area is 242 Å². The molecule has 1 aliphatic heterocycles. The van der Waals surface area contributed by atoms with Crippen LogP contribution in [0.5, 0.6) is 23.0 Å². The molecule has 1 fully saturated rings. The average Bonchev–Trinajstić information content (AvgIpc) is 3.04. The van der Waals surface area contributed by atoms with E-state index in [1.807, 2.05) is 72.8 Å². The van der Waals surface area contributed by atoms with Gasteiger partial charge in [-0.3, -0.25) is 4.90 Å². The molecule has 1 saturated heterocycles. The van der Waals surface area contributed by atoms with E-state index < -0.39 is 0 Å². The van der Waals surface area contributed by atoms with Gasteiger partial charge in [-0.05, 0) is 54.1 Å². The van der Waals surface area contributed by atoms with Crippen LogP contribution >= 0.6 is 0 Å². The van der Waals surface area contributed by atoms with E-state index >= 15 is 0 Å². The number of rotatable bonds is 12. The molecule has 8 heteroatoms. The van der Waals surface area contributed by atoms with Gasteiger partial charge in [-0.15, -0.1) is 0 Å². The van der Waals surface area contributed by atoms with E-state index in [0.29, 0.717) is 12.4 Å². The van der Waals surface area contributed by atoms with Crippen molar-refractivity contribution < 1.29 is 23.7 Å². The molecule has 0 amide bonds. The maximum Gasteiger partial charge on any atom is 0.188 e. The van der Waals surface area contributed by atoms with Gasteiger partial charge in [0.05, 0.1) is 25.6 Å². The van der Waals surface area contributed by atoms with Crippen molar-refractivity contribution in [2.45, 2.75) is 13.2 Å². The Morgan fingerprint density at radius 2 is 1.41 bits per heavy atom. The van der Waals surface area contributed by atoms with Crippen molar-refractivity contribution in [3.63, 3.8) is 0 Å². The molecule has 0 radical (unpaired) electrons. The molecule has 0 atom stereocenters. The van der Waals surface area contributed by atoms with Crippen LogP contribution < -0.4 is 23.8 Å². The number of hydrogen-bond donors (Lipinski definition) is 0. The van der Waals surface area contributed by atoms with Gasteiger partial charge in [-0.1, -0.05) is 36.4 Å². The second kappa shape index (κ2) is 13.9. The Bertz CT molecular complexity index is 1400. The smallest absolute Gasteiger partial charge is 0.188 e. The number of pyridine rings is 1. The number of para-hydroxylation sites is 3. The van der Waals surface area contributed by atoms with E-state index in [-0.39, 0.29) is 6.79 Å². The monoisotopic (exact) mass is 555 g/mol. The second-order valence-electron chi connectivity index (χ2n) is 9.77. The van der Waals surface area contributed by atoms with Crippen molar-refractivity contribution >= 4 is 5.69 Å². The molecule has 0 spiro atoms. The first-order valence-electron chi connectivity index (χ1n) is 13.8. The first-order chi connectivity index (χ1) is 20.2. The summed E-state index contributed by atoms with van der Waals surface area (Å²) in [6, 6.07) is 28.0. The molecule has 0 bridgehead atoms. The Morgan fingerprint density at radius 1 is 0.683 bits per heavy atom. The maximum atomic E-state index is 6.30. The molecule has 2 heterocycles. The molecule has 1 aromatic heterocycles. The Balaban J connectivity index is 1.30. The summed E-state index contributed by atoms with van der Waals surface area (Å²) >= 11 is 0. The molecule has 4 aromatic rings. The van der Waals surface area contributed by atoms with Crippen LogP contribution in [0.15, 0.2) is 84.9 Å². The predicted octanol–water partition coefficient (Wildman–Crippen LogP) is 5.65. The lowest BCUT2D eigenvalue weighted by molar-refractivity contribution is 0.0513. The normalized spacial score (nSPS) is 13.6. The number of aromatic nitrogens is 1. The number of methoxy groups -OCH3 is 3. The molecule has 8 nitrogen and oxygen atoms in total. The average molecular weight is 556 g/mol. The predicted molar refractivity (Wildman–Crippen MR) is 160 cm³/mol. The zero-order valence-electron chi connectivity index (χ0n) is 23.9. The molecule has 214 valence electrons. The fraction of sp³-hybridized carbons (Fsp3) is 0.303. The number of hydrogen-bond acceptors (Lipinski definition) is 8. The quantitative estimate of drug-likeness (QED) is 0.208. The van der Waals surface area contributed by atoms with Gasteiger partial charge in [-0.2, -0.15) is 0 Å². The van der Waals surface area contributed by atoms with E-state index in [4.69, 9.17) is 28.7 Å². The van der Waals surface area contributed by atoms with Crippen LogP contribution in [0.1, 0.15) is 11.3 Å². The molecule has 1 aliphatic rings. The van der Waals surface area contributed by atoms with E-state index in [2.05, 4.69) is 21.9 Å². The molecule has 0 aliphatic carbocycles. The van der Waals surface area contributed by atoms with Crippen molar-refractivity contribution in [3.05, 3.63) is 96.2 Å². The van der Waals surface area contributed by atoms with Crippen LogP contribution in [0.25, 0.3) is 11.3 Å². The molecule has 3 aromatic carbocycles. The number of piperazine rings is 1. The Morgan fingerprint density at radius 3 is 2.15 bits per heavy atom. The summed E-state index contributed by atoms with van der Waals surface area (Å²) in [5, 5.41) is 0. The number of benzene rings is 3. The molecule has 5 rings (SSSR count). The largest absolute Gasteiger partial charge is 0.497 e. The number of nitrogens with zero attached hydrogens (tertiary/aromatic N) is 3. The highest BCUT2D eigenvalue weighted by Crippen LogP contribution is 2.36. The summed E-state index contributed by atoms with van der Waals surface area (Å²) in [5.74, 6) is 3.14. The molecule has 0 saturated carbocycles. The van der Waals surface area contributed by atoms with Crippen LogP contribution in [0.4, 0.5) is 5.69 Å². The van der Waals surface area contributed by atoms with Gasteiger partial charge in [-0.25, -0.2) is 4.98 Å². The highest BCUT2D eigenvalue weighted by Gasteiger charge is 2.21. The Kier molecular flexibility index (Phi) is 9.57. The fourth-order valence-corrected chi connectivity index (χ4v) is 4.95. The van der Waals surface area contributed by atoms with Crippen molar-refractivity contribution in [2.75, 3.05) is 59.2 Å². The van der Waals surface area contributed by atoms with Gasteiger partial charge in [0.15, 0.2) is 6.79 Å². The molecular formula is C33H37N3O5. The standard InChI is InChI=1S/C33H37N3O5/c1-37-24-41-31-11-7-5-9-29(31)36-20-18-35(19-21-36)22-26-14-17-32(40-23-25-12-15-27(38-2)16-13-25)33(34-26)28-8-4-6-10-30(28)39-3/h4-17H,18-24H2,1-3H3. The van der Waals surface area contributed by atoms with Crippen LogP contribution in [0, 0.1) is 0 Å². The third kappa shape index (κ3) is 7.09. The van der Waals surface area contributed by atoms with Crippen molar-refractivity contribution in [1.29, 1.82) is 0 Å². The first-order valence-corrected chi connectivity index (χ1v) is 13.8. The zero-order valence-corrected chi connectivity index (χ0v) is 23.9. The zero-order chi connectivity index (χ0) is 28.4. The van der Waals surface area contributed by atoms with Crippen LogP contribution in [0.3, 0.4) is 0 Å². The van der Waals surface area contributed by atoms with Gasteiger partial charge in [0.2, 0.25) is 0 Å². The summed E-state index contributed by atoms with van der Waals surface area (Å²) in [5.41, 5.74) is 4.81. The minimum atomic E-state index is 0.233. The molecule has 0 unspecified atom stereocenters. The first kappa shape index (κ1) is 28.3. The third-order valence-electron chi connectivity index (χ3n) is 7.13. The lowest BCUT2D eigenvalue weighted by Crippen LogP contribution is -2.46. The van der Waals surface area contributed by atoms with Crippen molar-refractivity contribution in [3.8, 4) is 34.3 Å². The van der Waals surface area contributed by atoms with Gasteiger partial charge in [0, 0.05) is 45.4 Å². The number of anilines is 1. The van der Waals surface area contributed by atoms with Crippen LogP contribution in [0.2, 0.25) is 0 Å². The lowest BCUT2D eigenvalue weighted by atomic mass is 10.1. The summed E-state index contributed by atoms with van der Waals surface area (Å²) in [6.45, 7) is 5.03. The highest BCUT2D eigenvalue weighted by atomic mass is 16.7. The van der Waals surface area contributed by atoms with Crippen molar-refractivity contribution in [1.82, 2.24) is 9.88 Å². The Hall–Kier alpha value is -4.27. The van der Waals surface area contributed by atoms with E-state index in [9.17, 15) is 0 Å². The highest BCUT2D eigenvalue weighted by molar-refractivity contribution is 5.72. The summed E-state index contributed by atoms with van der Waals surface area (Å²) in [7, 11) is 4.98. The SMILES string of the molecule is COCOc1ccccc1N1CCN(Cc2ccc(OCc3ccc(OC)cc3)c(-c3ccccc3OC)n2)CC1. The maximum absolute atomic E-state index is 6.30. The van der Waals surface area contributed by atoms with Gasteiger partial charge < -0.3 is 28.6 Å². The lowest BCUT2D eigenvalue weighted by Gasteiger charge is -2.36. The summed E-state index contributed by atoms with van der Waals surface area (Å²) in [4.78, 5) is 9.89. The summed E-state index contributed by atoms with van der Waals surface area (Å²) < 4.78 is 28.1. The van der Waals surface area contributed by atoms with Crippen LogP contribution in [-0.2, 0) is 17.9 Å². The second-order valence-corrected chi connectivity index (χ2v) is 9.77. The molecule has 0 N–H and O–H groups in total. The van der Waals surface area contributed by atoms with Gasteiger partial charge in [0.1, 0.15) is 35.3 Å². The summed E-state index contributed by atoms with van der Waals surface area (Å²) in [6.07, 6.45) is 0. The van der Waals surface area contributed by atoms with Gasteiger partial charge >= 0.3 is 0 Å². The minimum Gasteiger partial charge on any atom is -0.497 e. The van der Waals surface area contributed by atoms with Crippen LogP contribution in [-0.4, -0.2) is 64.2 Å².